The van der Waals surface area contributed by atoms with Gasteiger partial charge >= 0.3 is 6.18 Å². The summed E-state index contributed by atoms with van der Waals surface area (Å²) in [6.45, 7) is -1.11. The van der Waals surface area contributed by atoms with Crippen molar-refractivity contribution < 1.29 is 36.2 Å². The number of benzene rings is 2. The number of methoxy groups -OCH3 is 2. The second kappa shape index (κ2) is 12.8. The summed E-state index contributed by atoms with van der Waals surface area (Å²) in [4.78, 5) is 14.6. The van der Waals surface area contributed by atoms with Crippen molar-refractivity contribution in [1.82, 2.24) is 29.6 Å². The maximum atomic E-state index is 15.1. The molecule has 5 aromatic rings. The van der Waals surface area contributed by atoms with Crippen LogP contribution in [-0.2, 0) is 24.4 Å². The van der Waals surface area contributed by atoms with E-state index < -0.39 is 24.4 Å². The van der Waals surface area contributed by atoms with Gasteiger partial charge in [0.15, 0.2) is 11.6 Å². The third-order valence-electron chi connectivity index (χ3n) is 7.36. The molecule has 0 aliphatic carbocycles. The topological polar surface area (TPSA) is 99.5 Å². The molecule has 0 radical (unpaired) electrons. The summed E-state index contributed by atoms with van der Waals surface area (Å²) in [5.41, 5.74) is 1.98. The Labute approximate surface area is 259 Å². The van der Waals surface area contributed by atoms with Crippen LogP contribution in [0.2, 0.25) is 0 Å². The van der Waals surface area contributed by atoms with E-state index in [0.717, 1.165) is 12.1 Å². The smallest absolute Gasteiger partial charge is 0.401 e. The number of nitrogens with zero attached hydrogens (tertiary/aromatic N) is 6. The first kappa shape index (κ1) is 31.1. The lowest BCUT2D eigenvalue weighted by Gasteiger charge is -2.16. The molecule has 1 aliphatic heterocycles. The van der Waals surface area contributed by atoms with E-state index in [-0.39, 0.29) is 61.5 Å². The Morgan fingerprint density at radius 3 is 2.50 bits per heavy atom. The molecule has 2 aromatic carbocycles. The van der Waals surface area contributed by atoms with Gasteiger partial charge in [0.25, 0.3) is 0 Å². The van der Waals surface area contributed by atoms with Gasteiger partial charge in [-0.25, -0.2) is 18.7 Å². The van der Waals surface area contributed by atoms with Crippen LogP contribution in [0.15, 0.2) is 54.9 Å². The highest BCUT2D eigenvalue weighted by Gasteiger charge is 2.35. The number of alkyl halides is 3. The van der Waals surface area contributed by atoms with Crippen molar-refractivity contribution in [3.8, 4) is 23.0 Å². The Bertz CT molecular complexity index is 1860. The molecule has 1 aliphatic rings. The van der Waals surface area contributed by atoms with Gasteiger partial charge in [-0.05, 0) is 12.1 Å². The maximum absolute atomic E-state index is 15.1. The summed E-state index contributed by atoms with van der Waals surface area (Å²) in [6.07, 6.45) is -1.38. The molecule has 10 nitrogen and oxygen atoms in total. The number of rotatable bonds is 11. The Morgan fingerprint density at radius 2 is 1.76 bits per heavy atom. The molecule has 0 bridgehead atoms. The predicted molar refractivity (Wildman–Crippen MR) is 158 cm³/mol. The summed E-state index contributed by atoms with van der Waals surface area (Å²) in [5, 5.41) is 8.42. The zero-order chi connectivity index (χ0) is 32.4. The summed E-state index contributed by atoms with van der Waals surface area (Å²) >= 11 is 0. The maximum Gasteiger partial charge on any atom is 0.401 e. The van der Waals surface area contributed by atoms with E-state index in [0.29, 0.717) is 33.6 Å². The molecule has 15 heteroatoms. The van der Waals surface area contributed by atoms with Gasteiger partial charge in [0.2, 0.25) is 0 Å². The van der Waals surface area contributed by atoms with E-state index in [1.54, 1.807) is 30.3 Å². The van der Waals surface area contributed by atoms with Crippen LogP contribution in [0.1, 0.15) is 16.8 Å². The Morgan fingerprint density at radius 1 is 0.978 bits per heavy atom. The fraction of sp³-hybridized carbons (Fsp3) is 0.290. The van der Waals surface area contributed by atoms with Crippen molar-refractivity contribution in [1.29, 1.82) is 0 Å². The zero-order valence-corrected chi connectivity index (χ0v) is 24.7. The predicted octanol–water partition coefficient (Wildman–Crippen LogP) is 5.87. The van der Waals surface area contributed by atoms with E-state index in [1.807, 2.05) is 0 Å². The summed E-state index contributed by atoms with van der Waals surface area (Å²) in [7, 11) is 2.96. The molecule has 0 unspecified atom stereocenters. The molecule has 46 heavy (non-hydrogen) atoms. The van der Waals surface area contributed by atoms with Crippen LogP contribution in [0.3, 0.4) is 0 Å². The van der Waals surface area contributed by atoms with Crippen LogP contribution >= 0.6 is 0 Å². The van der Waals surface area contributed by atoms with Gasteiger partial charge in [0, 0.05) is 55.0 Å². The minimum Gasteiger partial charge on any atom is -0.493 e. The molecule has 0 fully saturated rings. The second-order valence-electron chi connectivity index (χ2n) is 10.5. The average Bonchev–Trinajstić information content (AvgIpc) is 3.59. The van der Waals surface area contributed by atoms with Gasteiger partial charge in [-0.3, -0.25) is 14.6 Å². The number of aromatic nitrogens is 5. The fourth-order valence-electron chi connectivity index (χ4n) is 5.29. The Hall–Kier alpha value is -4.89. The largest absolute Gasteiger partial charge is 0.493 e. The van der Waals surface area contributed by atoms with Crippen LogP contribution in [-0.4, -0.2) is 69.8 Å². The number of hydrogen-bond donors (Lipinski definition) is 1. The van der Waals surface area contributed by atoms with Crippen molar-refractivity contribution in [2.24, 2.45) is 0 Å². The monoisotopic (exact) mass is 641 g/mol. The first-order chi connectivity index (χ1) is 22.1. The van der Waals surface area contributed by atoms with Crippen LogP contribution in [0, 0.1) is 11.6 Å². The van der Waals surface area contributed by atoms with Gasteiger partial charge in [-0.15, -0.1) is 0 Å². The number of ether oxygens (including phenoxy) is 3. The molecule has 0 saturated heterocycles. The van der Waals surface area contributed by atoms with Crippen LogP contribution < -0.4 is 14.8 Å². The van der Waals surface area contributed by atoms with Gasteiger partial charge in [-0.2, -0.15) is 18.3 Å². The number of fused-ring (bicyclic) bond motifs is 2. The third-order valence-corrected chi connectivity index (χ3v) is 7.36. The van der Waals surface area contributed by atoms with Crippen molar-refractivity contribution in [2.45, 2.75) is 25.8 Å². The number of halogens is 5. The lowest BCUT2D eigenvalue weighted by molar-refractivity contribution is -0.147. The minimum absolute atomic E-state index is 0.0266. The van der Waals surface area contributed by atoms with E-state index in [4.69, 9.17) is 19.2 Å². The third kappa shape index (κ3) is 6.55. The molecular formula is C31H28F5N7O3. The first-order valence-electron chi connectivity index (χ1n) is 14.1. The van der Waals surface area contributed by atoms with Crippen molar-refractivity contribution >= 4 is 22.4 Å². The standard InChI is InChI=1S/C31H28F5N7O3/c1-44-9-10-46-18-11-22(32)20(23(33)12-18)15-43-26-6-4-3-5-19(26)28(41-43)30-39-25-16-42(17-31(34,35)36)14-21(25)29(40-30)38-24-7-8-37-13-27(24)45-2/h3-8,11-13H,9-10,14-17H2,1-2H3,(H,37,38,39,40). The Kier molecular flexibility index (Phi) is 8.69. The SMILES string of the molecule is COCCOc1cc(F)c(Cn2nc(-c3nc4c(c(Nc5ccncc5OC)n3)CN(CC(F)(F)F)C4)c3ccccc32)c(F)c1. The normalized spacial score (nSPS) is 13.3. The molecule has 3 aromatic heterocycles. The molecular weight excluding hydrogens is 613 g/mol. The lowest BCUT2D eigenvalue weighted by Crippen LogP contribution is -2.30. The average molecular weight is 642 g/mol. The van der Waals surface area contributed by atoms with Crippen molar-refractivity contribution in [3.05, 3.63) is 83.3 Å². The van der Waals surface area contributed by atoms with Crippen LogP contribution in [0.5, 0.6) is 11.5 Å². The van der Waals surface area contributed by atoms with E-state index in [1.165, 1.54) is 36.2 Å². The Balaban J connectivity index is 1.41. The van der Waals surface area contributed by atoms with Crippen molar-refractivity contribution in [2.75, 3.05) is 39.3 Å². The molecule has 4 heterocycles. The number of hydrogen-bond acceptors (Lipinski definition) is 9. The molecule has 0 spiro atoms. The summed E-state index contributed by atoms with van der Waals surface area (Å²) in [5.74, 6) is -0.807. The number of pyridine rings is 1. The lowest BCUT2D eigenvalue weighted by atomic mass is 10.1. The van der Waals surface area contributed by atoms with Gasteiger partial charge in [0.05, 0.1) is 49.9 Å². The highest BCUT2D eigenvalue weighted by Crippen LogP contribution is 2.36. The highest BCUT2D eigenvalue weighted by atomic mass is 19.4. The fourth-order valence-corrected chi connectivity index (χ4v) is 5.29. The van der Waals surface area contributed by atoms with Gasteiger partial charge in [0.1, 0.15) is 35.5 Å². The van der Waals surface area contributed by atoms with Crippen molar-refractivity contribution in [3.63, 3.8) is 0 Å². The van der Waals surface area contributed by atoms with E-state index in [9.17, 15) is 13.2 Å². The van der Waals surface area contributed by atoms with Gasteiger partial charge in [-0.1, -0.05) is 18.2 Å². The summed E-state index contributed by atoms with van der Waals surface area (Å²) in [6, 6.07) is 10.9. The van der Waals surface area contributed by atoms with E-state index in [2.05, 4.69) is 20.4 Å². The molecule has 0 atom stereocenters. The zero-order valence-electron chi connectivity index (χ0n) is 24.7. The number of anilines is 2. The second-order valence-corrected chi connectivity index (χ2v) is 10.5. The van der Waals surface area contributed by atoms with Crippen LogP contribution in [0.4, 0.5) is 33.5 Å². The molecule has 240 valence electrons. The minimum atomic E-state index is -4.41. The molecule has 1 N–H and O–H groups in total. The summed E-state index contributed by atoms with van der Waals surface area (Å²) < 4.78 is 87.4. The molecule has 6 rings (SSSR count). The van der Waals surface area contributed by atoms with Gasteiger partial charge < -0.3 is 19.5 Å². The number of nitrogens with one attached hydrogen (secondary N) is 1. The molecule has 0 amide bonds. The molecule has 0 saturated carbocycles. The number of para-hydroxylation sites is 1. The van der Waals surface area contributed by atoms with E-state index >= 15 is 8.78 Å². The highest BCUT2D eigenvalue weighted by molar-refractivity contribution is 5.92. The van der Waals surface area contributed by atoms with Crippen LogP contribution in [0.25, 0.3) is 22.4 Å². The first-order valence-corrected chi connectivity index (χ1v) is 14.1. The quantitative estimate of drug-likeness (QED) is 0.140.